The Morgan fingerprint density at radius 1 is 0.723 bits per heavy atom. The first kappa shape index (κ1) is 36.1. The van der Waals surface area contributed by atoms with Gasteiger partial charge >= 0.3 is 11.9 Å². The summed E-state index contributed by atoms with van der Waals surface area (Å²) in [5.74, 6) is -1.07. The molecule has 0 heterocycles. The van der Waals surface area contributed by atoms with Gasteiger partial charge in [-0.15, -0.1) is 6.58 Å². The van der Waals surface area contributed by atoms with Crippen LogP contribution in [0.25, 0.3) is 22.3 Å². The molecule has 47 heavy (non-hydrogen) atoms. The summed E-state index contributed by atoms with van der Waals surface area (Å²) >= 11 is 0. The van der Waals surface area contributed by atoms with Gasteiger partial charge in [0.05, 0.1) is 45.7 Å². The molecule has 0 aliphatic heterocycles. The number of rotatable bonds is 10. The van der Waals surface area contributed by atoms with Crippen LogP contribution in [0.15, 0.2) is 85.5 Å². The largest absolute Gasteiger partial charge is 0.497 e. The third-order valence-corrected chi connectivity index (χ3v) is 7.53. The fourth-order valence-corrected chi connectivity index (χ4v) is 4.62. The summed E-state index contributed by atoms with van der Waals surface area (Å²) in [7, 11) is 5.49. The van der Waals surface area contributed by atoms with Crippen LogP contribution in [-0.2, 0) is 9.47 Å². The summed E-state index contributed by atoms with van der Waals surface area (Å²) in [6, 6.07) is 17.6. The fraction of sp³-hybridized carbons (Fsp3) is 0.216. The third kappa shape index (κ3) is 8.28. The summed E-state index contributed by atoms with van der Waals surface area (Å²) in [4.78, 5) is 34.6. The molecule has 0 spiro atoms. The molecule has 0 fully saturated rings. The van der Waals surface area contributed by atoms with Crippen molar-refractivity contribution in [2.75, 3.05) is 28.4 Å². The van der Waals surface area contributed by atoms with Gasteiger partial charge in [-0.1, -0.05) is 32.1 Å². The van der Waals surface area contributed by atoms with Crippen molar-refractivity contribution in [3.63, 3.8) is 0 Å². The van der Waals surface area contributed by atoms with Crippen molar-refractivity contribution in [3.05, 3.63) is 119 Å². The lowest BCUT2D eigenvalue weighted by Crippen LogP contribution is -2.20. The van der Waals surface area contributed by atoms with Crippen molar-refractivity contribution in [2.24, 2.45) is 5.41 Å². The fourth-order valence-electron chi connectivity index (χ4n) is 4.62. The maximum absolute atomic E-state index is 14.5. The van der Waals surface area contributed by atoms with Crippen molar-refractivity contribution in [1.29, 1.82) is 0 Å². The first-order valence-corrected chi connectivity index (χ1v) is 14.2. The van der Waals surface area contributed by atoms with E-state index in [0.717, 1.165) is 0 Å². The Labute approximate surface area is 272 Å². The zero-order valence-electron chi connectivity index (χ0n) is 26.9. The molecule has 10 heteroatoms. The number of aliphatic hydroxyl groups is 1. The summed E-state index contributed by atoms with van der Waals surface area (Å²) < 4.78 is 48.0. The Kier molecular flexibility index (Phi) is 12.1. The first-order valence-electron chi connectivity index (χ1n) is 14.2. The first-order chi connectivity index (χ1) is 22.3. The number of esters is 2. The SMILES string of the molecule is C=CC(C)(C)C(O)c1cc(C(=O)OC)ccc1-c1cc(OC)ccc1F.COC(=O)c1ccc(-c2cc(OC)ccc2F)c(C=O)c1. The van der Waals surface area contributed by atoms with Gasteiger partial charge in [-0.25, -0.2) is 18.4 Å². The maximum atomic E-state index is 14.5. The molecule has 4 rings (SSSR count). The van der Waals surface area contributed by atoms with Gasteiger partial charge in [0.15, 0.2) is 6.29 Å². The van der Waals surface area contributed by atoms with E-state index in [2.05, 4.69) is 11.3 Å². The molecule has 8 nitrogen and oxygen atoms in total. The predicted octanol–water partition coefficient (Wildman–Crippen LogP) is 7.63. The third-order valence-electron chi connectivity index (χ3n) is 7.53. The highest BCUT2D eigenvalue weighted by molar-refractivity contribution is 5.95. The van der Waals surface area contributed by atoms with E-state index in [1.807, 2.05) is 0 Å². The molecular formula is C37H36F2O8. The van der Waals surface area contributed by atoms with E-state index < -0.39 is 35.1 Å². The van der Waals surface area contributed by atoms with E-state index >= 15 is 0 Å². The minimum atomic E-state index is -1.01. The van der Waals surface area contributed by atoms with Crippen LogP contribution in [0.2, 0.25) is 0 Å². The predicted molar refractivity (Wildman–Crippen MR) is 174 cm³/mol. The highest BCUT2D eigenvalue weighted by atomic mass is 19.1. The van der Waals surface area contributed by atoms with Crippen molar-refractivity contribution in [1.82, 2.24) is 0 Å². The molecule has 0 aliphatic rings. The number of aliphatic hydroxyl groups excluding tert-OH is 1. The number of benzene rings is 4. The van der Waals surface area contributed by atoms with Gasteiger partial charge in [-0.2, -0.15) is 0 Å². The molecule has 1 unspecified atom stereocenters. The molecule has 0 saturated heterocycles. The number of ether oxygens (including phenoxy) is 4. The van der Waals surface area contributed by atoms with Crippen LogP contribution in [0.4, 0.5) is 8.78 Å². The van der Waals surface area contributed by atoms with E-state index in [9.17, 15) is 28.3 Å². The molecule has 4 aromatic rings. The van der Waals surface area contributed by atoms with Gasteiger partial charge in [0.25, 0.3) is 0 Å². The van der Waals surface area contributed by atoms with Crippen molar-refractivity contribution in [3.8, 4) is 33.8 Å². The number of carbonyl (C=O) groups excluding carboxylic acids is 3. The van der Waals surface area contributed by atoms with Crippen LogP contribution in [0.3, 0.4) is 0 Å². The van der Waals surface area contributed by atoms with Crippen LogP contribution < -0.4 is 9.47 Å². The van der Waals surface area contributed by atoms with E-state index in [0.29, 0.717) is 34.5 Å². The molecule has 1 atom stereocenters. The second kappa shape index (κ2) is 15.8. The molecule has 0 radical (unpaired) electrons. The summed E-state index contributed by atoms with van der Waals surface area (Å²) in [6.45, 7) is 7.37. The number of carbonyl (C=O) groups is 3. The van der Waals surface area contributed by atoms with Crippen molar-refractivity contribution < 1.29 is 47.2 Å². The minimum Gasteiger partial charge on any atom is -0.497 e. The van der Waals surface area contributed by atoms with Gasteiger partial charge < -0.3 is 24.1 Å². The Bertz CT molecular complexity index is 1780. The zero-order valence-corrected chi connectivity index (χ0v) is 26.9. The second-order valence-electron chi connectivity index (χ2n) is 10.8. The van der Waals surface area contributed by atoms with Crippen LogP contribution >= 0.6 is 0 Å². The summed E-state index contributed by atoms with van der Waals surface area (Å²) in [5.41, 5.74) is 1.77. The molecule has 0 aliphatic carbocycles. The Balaban J connectivity index is 0.000000261. The maximum Gasteiger partial charge on any atom is 0.337 e. The van der Waals surface area contributed by atoms with Gasteiger partial charge in [0.2, 0.25) is 0 Å². The number of hydrogen-bond acceptors (Lipinski definition) is 8. The highest BCUT2D eigenvalue weighted by Crippen LogP contribution is 2.41. The van der Waals surface area contributed by atoms with Crippen LogP contribution in [-0.4, -0.2) is 51.8 Å². The van der Waals surface area contributed by atoms with Gasteiger partial charge in [0.1, 0.15) is 23.1 Å². The van der Waals surface area contributed by atoms with Crippen LogP contribution in [0, 0.1) is 17.0 Å². The van der Waals surface area contributed by atoms with E-state index in [1.165, 1.54) is 89.1 Å². The summed E-state index contributed by atoms with van der Waals surface area (Å²) in [5, 5.41) is 10.9. The molecule has 246 valence electrons. The van der Waals surface area contributed by atoms with Gasteiger partial charge in [-0.05, 0) is 77.4 Å². The Morgan fingerprint density at radius 3 is 1.64 bits per heavy atom. The quantitative estimate of drug-likeness (QED) is 0.106. The number of halogens is 2. The monoisotopic (exact) mass is 646 g/mol. The van der Waals surface area contributed by atoms with Gasteiger partial charge in [0, 0.05) is 22.1 Å². The molecule has 0 bridgehead atoms. The lowest BCUT2D eigenvalue weighted by atomic mass is 9.79. The number of hydrogen-bond donors (Lipinski definition) is 1. The second-order valence-corrected chi connectivity index (χ2v) is 10.8. The lowest BCUT2D eigenvalue weighted by molar-refractivity contribution is 0.0590. The normalized spacial score (nSPS) is 11.3. The molecule has 1 N–H and O–H groups in total. The topological polar surface area (TPSA) is 108 Å². The molecule has 0 aromatic heterocycles. The number of aldehydes is 1. The van der Waals surface area contributed by atoms with E-state index in [4.69, 9.17) is 14.2 Å². The lowest BCUT2D eigenvalue weighted by Gasteiger charge is -2.29. The van der Waals surface area contributed by atoms with Crippen LogP contribution in [0.5, 0.6) is 11.5 Å². The van der Waals surface area contributed by atoms with Crippen LogP contribution in [0.1, 0.15) is 56.6 Å². The average molecular weight is 647 g/mol. The van der Waals surface area contributed by atoms with E-state index in [1.54, 1.807) is 32.1 Å². The smallest absolute Gasteiger partial charge is 0.337 e. The average Bonchev–Trinajstić information content (AvgIpc) is 3.10. The number of methoxy groups -OCH3 is 4. The Morgan fingerprint density at radius 2 is 1.19 bits per heavy atom. The molecule has 4 aromatic carbocycles. The van der Waals surface area contributed by atoms with Crippen molar-refractivity contribution >= 4 is 18.2 Å². The highest BCUT2D eigenvalue weighted by Gasteiger charge is 2.29. The minimum absolute atomic E-state index is 0.199. The van der Waals surface area contributed by atoms with Crippen molar-refractivity contribution in [2.45, 2.75) is 20.0 Å². The van der Waals surface area contributed by atoms with E-state index in [-0.39, 0.29) is 27.8 Å². The molecule has 0 amide bonds. The molecular weight excluding hydrogens is 610 g/mol. The van der Waals surface area contributed by atoms with Gasteiger partial charge in [-0.3, -0.25) is 4.79 Å². The molecule has 0 saturated carbocycles. The Hall–Kier alpha value is -5.35. The zero-order chi connectivity index (χ0) is 34.9. The summed E-state index contributed by atoms with van der Waals surface area (Å²) in [6.07, 6.45) is 1.18. The standard InChI is InChI=1S/C21H23FO4.C16H13FO4/c1-6-21(2,3)19(23)17-11-13(20(24)26-5)7-9-15(17)16-12-14(25-4)8-10-18(16)22;1-20-12-4-6-15(17)14(8-12)13-5-3-10(16(19)21-2)7-11(13)9-18/h6-12,19,23H,1H2,2-5H3;3-9H,1-2H3.